The summed E-state index contributed by atoms with van der Waals surface area (Å²) in [5.41, 5.74) is 35.8. The molecule has 25 aromatic rings. The number of hydrogen-bond donors (Lipinski definition) is 0. The summed E-state index contributed by atoms with van der Waals surface area (Å²) in [5.74, 6) is 1.89. The normalized spacial score (nSPS) is 13.5. The third-order valence-electron chi connectivity index (χ3n) is 29.2. The Bertz CT molecular complexity index is 8800. The number of para-hydroxylation sites is 4. The van der Waals surface area contributed by atoms with Crippen LogP contribution in [0.1, 0.15) is 74.9 Å². The molecule has 0 spiro atoms. The summed E-state index contributed by atoms with van der Waals surface area (Å²) >= 11 is 0. The molecular formula is C126H88N8. The van der Waals surface area contributed by atoms with Gasteiger partial charge in [0, 0.05) is 106 Å². The molecule has 8 aromatic heterocycles. The largest absolute Gasteiger partial charge is 0.309 e. The minimum absolute atomic E-state index is 0.178. The zero-order chi connectivity index (χ0) is 89.4. The highest BCUT2D eigenvalue weighted by Gasteiger charge is 2.44. The van der Waals surface area contributed by atoms with E-state index >= 15 is 0 Å². The molecule has 0 unspecified atom stereocenters. The molecule has 0 radical (unpaired) electrons. The van der Waals surface area contributed by atoms with E-state index in [1.165, 1.54) is 181 Å². The first-order valence-corrected chi connectivity index (χ1v) is 46.4. The van der Waals surface area contributed by atoms with Crippen molar-refractivity contribution < 1.29 is 0 Å². The minimum atomic E-state index is -0.181. The molecule has 28 rings (SSSR count). The van der Waals surface area contributed by atoms with Crippen molar-refractivity contribution in [3.05, 3.63) is 459 Å². The first kappa shape index (κ1) is 78.3. The molecule has 0 amide bonds. The van der Waals surface area contributed by atoms with Crippen LogP contribution in [0.5, 0.6) is 0 Å². The van der Waals surface area contributed by atoms with Gasteiger partial charge in [-0.1, -0.05) is 357 Å². The Morgan fingerprint density at radius 3 is 1.04 bits per heavy atom. The van der Waals surface area contributed by atoms with Crippen LogP contribution in [0.2, 0.25) is 0 Å². The molecule has 0 saturated carbocycles. The van der Waals surface area contributed by atoms with Gasteiger partial charge in [-0.3, -0.25) is 19.1 Å². The summed E-state index contributed by atoms with van der Waals surface area (Å²) in [5, 5.41) is 19.1. The SMILES string of the molecule is CC1(C)c2ccccc2-c2c1c1c(c3ccccc23)c2ccccc2n1-c1cc(-c2ccccc2)c2ccccc2n1.CC1(C)c2ccccc2-c2c1c1c(c3ccccc23)c2ccccc2n1-c1cc2ccccc2c(-c2ccccc2)n1.CC1(C)c2ccccc2-c2c1c1c(c3ccccc23)c2ccccc2n1-c1ccc(-c2cc(-c3cccnc3)nc(-c3cccnc3)c2)cc1. The number of nitrogens with zero attached hydrogens (tertiary/aromatic N) is 8. The third-order valence-corrected chi connectivity index (χ3v) is 29.2. The molecule has 134 heavy (non-hydrogen) atoms. The minimum Gasteiger partial charge on any atom is -0.309 e. The fourth-order valence-electron chi connectivity index (χ4n) is 23.4. The average molecular weight is 1710 g/mol. The molecule has 0 atom stereocenters. The lowest BCUT2D eigenvalue weighted by Gasteiger charge is -2.24. The number of rotatable bonds is 8. The standard InChI is InChI=1S/C46H32N4.2C40H28N2/c1-46(2)38-17-7-5-15-36(38)42-34-13-3-4-14-35(34)43-37-16-6-8-18-41(37)50(45(43)44(42)46)33-21-19-29(20-22-33)32-25-39(30-11-9-23-47-27-30)49-40(26-32)31-12-10-24-48-28-31;1-40(2)32-21-11-8-19-29(32)36-27-17-6-7-18-28(27)37-30-20-10-13-23-34(30)42(39(37)38(36)40)35-24-31(25-14-4-3-5-15-25)26-16-9-12-22-33(26)41-35;1-40(2)32-22-12-10-20-30(32)35-28-18-8-9-19-29(28)36-31-21-11-13-23-33(31)42(39(36)37(35)40)34-24-26-16-6-7-17-27(26)38(41-34)25-14-4-3-5-15-25/h3-28H,1-2H3;2*3-24H,1-2H3. The number of fused-ring (bicyclic) bond motifs is 32. The zero-order valence-electron chi connectivity index (χ0n) is 75.0. The molecule has 8 nitrogen and oxygen atoms in total. The van der Waals surface area contributed by atoms with Crippen LogP contribution in [0.25, 0.3) is 226 Å². The van der Waals surface area contributed by atoms with Gasteiger partial charge in [0.2, 0.25) is 0 Å². The van der Waals surface area contributed by atoms with Crippen LogP contribution in [0.4, 0.5) is 0 Å². The van der Waals surface area contributed by atoms with E-state index in [-0.39, 0.29) is 16.2 Å². The Balaban J connectivity index is 0.000000105. The predicted octanol–water partition coefficient (Wildman–Crippen LogP) is 32.3. The van der Waals surface area contributed by atoms with Crippen LogP contribution >= 0.6 is 0 Å². The molecule has 8 heteroatoms. The highest BCUT2D eigenvalue weighted by Crippen LogP contribution is 2.61. The van der Waals surface area contributed by atoms with Crippen molar-refractivity contribution in [1.82, 2.24) is 38.6 Å². The fraction of sp³-hybridized carbons (Fsp3) is 0.0714. The maximum Gasteiger partial charge on any atom is 0.138 e. The van der Waals surface area contributed by atoms with E-state index in [1.807, 2.05) is 24.5 Å². The summed E-state index contributed by atoms with van der Waals surface area (Å²) in [4.78, 5) is 24.6. The lowest BCUT2D eigenvalue weighted by molar-refractivity contribution is 0.664. The number of pyridine rings is 5. The molecule has 17 aromatic carbocycles. The van der Waals surface area contributed by atoms with Crippen molar-refractivity contribution >= 4 is 119 Å². The van der Waals surface area contributed by atoms with E-state index in [0.29, 0.717) is 0 Å². The molecule has 0 saturated heterocycles. The highest BCUT2D eigenvalue weighted by atomic mass is 15.1. The van der Waals surface area contributed by atoms with E-state index in [1.54, 1.807) is 12.4 Å². The summed E-state index contributed by atoms with van der Waals surface area (Å²) in [6.07, 6.45) is 7.32. The van der Waals surface area contributed by atoms with Gasteiger partial charge in [-0.15, -0.1) is 0 Å². The van der Waals surface area contributed by atoms with Gasteiger partial charge < -0.3 is 4.57 Å². The van der Waals surface area contributed by atoms with Crippen LogP contribution in [0.15, 0.2) is 425 Å². The average Bonchev–Trinajstić information content (AvgIpc) is 1.53. The van der Waals surface area contributed by atoms with Crippen LogP contribution in [0, 0.1) is 0 Å². The van der Waals surface area contributed by atoms with Crippen LogP contribution in [0.3, 0.4) is 0 Å². The van der Waals surface area contributed by atoms with Gasteiger partial charge in [-0.2, -0.15) is 0 Å². The molecule has 0 N–H and O–H groups in total. The zero-order valence-corrected chi connectivity index (χ0v) is 75.0. The molecule has 0 bridgehead atoms. The van der Waals surface area contributed by atoms with Gasteiger partial charge in [0.1, 0.15) is 11.6 Å². The Morgan fingerprint density at radius 1 is 0.231 bits per heavy atom. The Morgan fingerprint density at radius 2 is 0.590 bits per heavy atom. The van der Waals surface area contributed by atoms with Gasteiger partial charge in [-0.25, -0.2) is 15.0 Å². The van der Waals surface area contributed by atoms with Crippen LogP contribution in [-0.2, 0) is 16.2 Å². The van der Waals surface area contributed by atoms with Crippen LogP contribution < -0.4 is 0 Å². The number of hydrogen-bond acceptors (Lipinski definition) is 5. The molecule has 0 aliphatic heterocycles. The molecular weight excluding hydrogens is 1630 g/mol. The smallest absolute Gasteiger partial charge is 0.138 e. The maximum absolute atomic E-state index is 5.48. The molecule has 3 aliphatic rings. The van der Waals surface area contributed by atoms with Crippen molar-refractivity contribution in [1.29, 1.82) is 0 Å². The second kappa shape index (κ2) is 30.1. The van der Waals surface area contributed by atoms with E-state index in [0.717, 1.165) is 78.5 Å². The number of aromatic nitrogens is 8. The second-order valence-electron chi connectivity index (χ2n) is 37.6. The Kier molecular flexibility index (Phi) is 17.6. The van der Waals surface area contributed by atoms with Gasteiger partial charge in [0.05, 0.1) is 55.7 Å². The Labute approximate surface area is 775 Å². The molecule has 0 fully saturated rings. The lowest BCUT2D eigenvalue weighted by atomic mass is 9.80. The lowest BCUT2D eigenvalue weighted by Crippen LogP contribution is -2.17. The first-order valence-electron chi connectivity index (χ1n) is 46.4. The molecule has 3 aliphatic carbocycles. The second-order valence-corrected chi connectivity index (χ2v) is 37.6. The van der Waals surface area contributed by atoms with E-state index in [2.05, 4.69) is 453 Å². The van der Waals surface area contributed by atoms with Gasteiger partial charge >= 0.3 is 0 Å². The topological polar surface area (TPSA) is 79.2 Å². The fourth-order valence-corrected chi connectivity index (χ4v) is 23.4. The molecule has 8 heterocycles. The summed E-state index contributed by atoms with van der Waals surface area (Å²) < 4.78 is 7.40. The van der Waals surface area contributed by atoms with Gasteiger partial charge in [0.25, 0.3) is 0 Å². The molecule has 632 valence electrons. The van der Waals surface area contributed by atoms with Crippen molar-refractivity contribution in [2.24, 2.45) is 0 Å². The van der Waals surface area contributed by atoms with E-state index in [4.69, 9.17) is 15.0 Å². The maximum atomic E-state index is 5.48. The van der Waals surface area contributed by atoms with Crippen molar-refractivity contribution in [2.45, 2.75) is 57.8 Å². The van der Waals surface area contributed by atoms with E-state index < -0.39 is 0 Å². The van der Waals surface area contributed by atoms with Gasteiger partial charge in [-0.05, 0) is 212 Å². The third kappa shape index (κ3) is 11.7. The van der Waals surface area contributed by atoms with Crippen molar-refractivity contribution in [2.75, 3.05) is 0 Å². The highest BCUT2D eigenvalue weighted by molar-refractivity contribution is 6.30. The summed E-state index contributed by atoms with van der Waals surface area (Å²) in [6, 6.07) is 145. The Hall–Kier alpha value is -16.8. The summed E-state index contributed by atoms with van der Waals surface area (Å²) in [6.45, 7) is 14.3. The van der Waals surface area contributed by atoms with Crippen LogP contribution in [-0.4, -0.2) is 38.6 Å². The summed E-state index contributed by atoms with van der Waals surface area (Å²) in [7, 11) is 0. The quantitative estimate of drug-likeness (QED) is 0.151. The first-order chi connectivity index (χ1) is 65.8. The number of benzene rings is 17. The monoisotopic (exact) mass is 1710 g/mol. The van der Waals surface area contributed by atoms with Crippen molar-refractivity contribution in [3.63, 3.8) is 0 Å². The van der Waals surface area contributed by atoms with Gasteiger partial charge in [0.15, 0.2) is 0 Å². The predicted molar refractivity (Wildman–Crippen MR) is 559 cm³/mol. The van der Waals surface area contributed by atoms with Crippen molar-refractivity contribution in [3.8, 4) is 107 Å². The van der Waals surface area contributed by atoms with E-state index in [9.17, 15) is 0 Å².